The van der Waals surface area contributed by atoms with E-state index in [4.69, 9.17) is 11.6 Å². The topological polar surface area (TPSA) is 56.5 Å². The van der Waals surface area contributed by atoms with Crippen LogP contribution in [-0.4, -0.2) is 25.2 Å². The van der Waals surface area contributed by atoms with Crippen molar-refractivity contribution in [1.82, 2.24) is 25.2 Å². The molecule has 0 saturated carbocycles. The summed E-state index contributed by atoms with van der Waals surface area (Å²) in [4.78, 5) is 5.75. The zero-order valence-electron chi connectivity index (χ0n) is 12.4. The fourth-order valence-corrected chi connectivity index (χ4v) is 2.39. The van der Waals surface area contributed by atoms with E-state index < -0.39 is 0 Å². The molecule has 0 unspecified atom stereocenters. The zero-order valence-corrected chi connectivity index (χ0v) is 13.2. The average Bonchev–Trinajstić information content (AvgIpc) is 2.98. The molecule has 6 heteroatoms. The lowest BCUT2D eigenvalue weighted by molar-refractivity contribution is 0.573. The number of tetrazole rings is 1. The minimum atomic E-state index is 0.376. The number of halogens is 1. The molecule has 2 heterocycles. The number of aromatic nitrogens is 5. The predicted octanol–water partition coefficient (Wildman–Crippen LogP) is 3.56. The summed E-state index contributed by atoms with van der Waals surface area (Å²) in [5.74, 6) is 0.979. The van der Waals surface area contributed by atoms with Gasteiger partial charge in [-0.1, -0.05) is 37.6 Å². The van der Waals surface area contributed by atoms with Crippen LogP contribution >= 0.6 is 11.6 Å². The van der Waals surface area contributed by atoms with Crippen molar-refractivity contribution in [3.8, 4) is 11.4 Å². The van der Waals surface area contributed by atoms with E-state index in [1.807, 2.05) is 30.3 Å². The first-order valence-electron chi connectivity index (χ1n) is 7.10. The molecule has 112 valence electrons. The highest BCUT2D eigenvalue weighted by Crippen LogP contribution is 2.25. The van der Waals surface area contributed by atoms with Crippen LogP contribution in [0.15, 0.2) is 42.7 Å². The van der Waals surface area contributed by atoms with Crippen LogP contribution in [0.5, 0.6) is 0 Å². The second-order valence-electron chi connectivity index (χ2n) is 5.39. The van der Waals surface area contributed by atoms with E-state index in [2.05, 4.69) is 34.2 Å². The molecule has 1 aromatic carbocycles. The second kappa shape index (κ2) is 6.23. The van der Waals surface area contributed by atoms with E-state index in [1.54, 1.807) is 17.2 Å². The van der Waals surface area contributed by atoms with Gasteiger partial charge in [-0.25, -0.2) is 0 Å². The van der Waals surface area contributed by atoms with Gasteiger partial charge < -0.3 is 0 Å². The van der Waals surface area contributed by atoms with Crippen LogP contribution in [0.4, 0.5) is 0 Å². The standard InChI is InChI=1S/C16H16ClN5/c1-11(2)14-7-8-18-9-15(14)16-19-21-22(20-16)10-12-3-5-13(17)6-4-12/h3-9,11H,10H2,1-2H3. The molecule has 5 nitrogen and oxygen atoms in total. The highest BCUT2D eigenvalue weighted by atomic mass is 35.5. The number of pyridine rings is 1. The summed E-state index contributed by atoms with van der Waals surface area (Å²) in [7, 11) is 0. The van der Waals surface area contributed by atoms with E-state index in [1.165, 1.54) is 5.56 Å². The van der Waals surface area contributed by atoms with Crippen molar-refractivity contribution in [1.29, 1.82) is 0 Å². The molecule has 3 rings (SSSR count). The third kappa shape index (κ3) is 3.14. The highest BCUT2D eigenvalue weighted by Gasteiger charge is 2.13. The van der Waals surface area contributed by atoms with Crippen LogP contribution in [0.25, 0.3) is 11.4 Å². The quantitative estimate of drug-likeness (QED) is 0.739. The summed E-state index contributed by atoms with van der Waals surface area (Å²) in [5, 5.41) is 13.5. The molecule has 2 aromatic heterocycles. The number of hydrogen-bond acceptors (Lipinski definition) is 4. The molecule has 0 radical (unpaired) electrons. The van der Waals surface area contributed by atoms with Gasteiger partial charge in [0.2, 0.25) is 5.82 Å². The smallest absolute Gasteiger partial charge is 0.206 e. The van der Waals surface area contributed by atoms with Crippen LogP contribution in [0.1, 0.15) is 30.9 Å². The third-order valence-electron chi connectivity index (χ3n) is 3.41. The predicted molar refractivity (Wildman–Crippen MR) is 85.7 cm³/mol. The Kier molecular flexibility index (Phi) is 4.15. The highest BCUT2D eigenvalue weighted by molar-refractivity contribution is 6.30. The Balaban J connectivity index is 1.86. The van der Waals surface area contributed by atoms with Gasteiger partial charge in [0.05, 0.1) is 6.54 Å². The lowest BCUT2D eigenvalue weighted by Gasteiger charge is -2.08. The number of rotatable bonds is 4. The maximum Gasteiger partial charge on any atom is 0.206 e. The van der Waals surface area contributed by atoms with Crippen molar-refractivity contribution in [3.63, 3.8) is 0 Å². The molecule has 0 aliphatic rings. The van der Waals surface area contributed by atoms with Crippen LogP contribution in [0.3, 0.4) is 0 Å². The lowest BCUT2D eigenvalue weighted by atomic mass is 9.99. The van der Waals surface area contributed by atoms with Gasteiger partial charge in [0, 0.05) is 23.0 Å². The normalized spacial score (nSPS) is 11.1. The van der Waals surface area contributed by atoms with Gasteiger partial charge in [-0.15, -0.1) is 10.2 Å². The monoisotopic (exact) mass is 313 g/mol. The molecule has 0 atom stereocenters. The van der Waals surface area contributed by atoms with E-state index in [9.17, 15) is 0 Å². The van der Waals surface area contributed by atoms with E-state index in [0.717, 1.165) is 11.1 Å². The van der Waals surface area contributed by atoms with Crippen molar-refractivity contribution >= 4 is 11.6 Å². The maximum atomic E-state index is 5.89. The average molecular weight is 314 g/mol. The number of nitrogens with zero attached hydrogens (tertiary/aromatic N) is 5. The molecule has 0 aliphatic heterocycles. The van der Waals surface area contributed by atoms with Crippen molar-refractivity contribution in [3.05, 3.63) is 58.9 Å². The fraction of sp³-hybridized carbons (Fsp3) is 0.250. The summed E-state index contributed by atoms with van der Waals surface area (Å²) in [6, 6.07) is 9.61. The Morgan fingerprint density at radius 2 is 1.91 bits per heavy atom. The van der Waals surface area contributed by atoms with E-state index in [0.29, 0.717) is 23.3 Å². The first-order valence-corrected chi connectivity index (χ1v) is 7.48. The van der Waals surface area contributed by atoms with Crippen molar-refractivity contribution in [2.24, 2.45) is 0 Å². The van der Waals surface area contributed by atoms with Crippen LogP contribution in [-0.2, 0) is 6.54 Å². The van der Waals surface area contributed by atoms with Crippen LogP contribution in [0.2, 0.25) is 5.02 Å². The summed E-state index contributed by atoms with van der Waals surface area (Å²) in [5.41, 5.74) is 3.17. The molecule has 0 bridgehead atoms. The van der Waals surface area contributed by atoms with Gasteiger partial charge in [-0.3, -0.25) is 4.98 Å². The van der Waals surface area contributed by atoms with Gasteiger partial charge >= 0.3 is 0 Å². The molecule has 22 heavy (non-hydrogen) atoms. The Morgan fingerprint density at radius 3 is 2.64 bits per heavy atom. The summed E-state index contributed by atoms with van der Waals surface area (Å²) >= 11 is 5.89. The SMILES string of the molecule is CC(C)c1ccncc1-c1nnn(Cc2ccc(Cl)cc2)n1. The van der Waals surface area contributed by atoms with E-state index >= 15 is 0 Å². The van der Waals surface area contributed by atoms with Gasteiger partial charge in [0.25, 0.3) is 0 Å². The van der Waals surface area contributed by atoms with Crippen LogP contribution < -0.4 is 0 Å². The van der Waals surface area contributed by atoms with Gasteiger partial charge in [0.1, 0.15) is 0 Å². The summed E-state index contributed by atoms with van der Waals surface area (Å²) in [6.45, 7) is 4.83. The molecule has 0 N–H and O–H groups in total. The Bertz CT molecular complexity index is 764. The molecule has 3 aromatic rings. The first-order chi connectivity index (χ1) is 10.6. The zero-order chi connectivity index (χ0) is 15.5. The summed E-state index contributed by atoms with van der Waals surface area (Å²) < 4.78 is 0. The van der Waals surface area contributed by atoms with Crippen molar-refractivity contribution < 1.29 is 0 Å². The Hall–Kier alpha value is -2.27. The lowest BCUT2D eigenvalue weighted by Crippen LogP contribution is -2.04. The minimum Gasteiger partial charge on any atom is -0.264 e. The molecular formula is C16H16ClN5. The van der Waals surface area contributed by atoms with Crippen molar-refractivity contribution in [2.45, 2.75) is 26.3 Å². The van der Waals surface area contributed by atoms with Gasteiger partial charge in [-0.05, 0) is 40.5 Å². The fourth-order valence-electron chi connectivity index (χ4n) is 2.27. The van der Waals surface area contributed by atoms with Gasteiger partial charge in [-0.2, -0.15) is 4.80 Å². The third-order valence-corrected chi connectivity index (χ3v) is 3.66. The number of benzene rings is 1. The molecule has 0 saturated heterocycles. The Morgan fingerprint density at radius 1 is 1.14 bits per heavy atom. The molecule has 0 amide bonds. The van der Waals surface area contributed by atoms with Crippen molar-refractivity contribution in [2.75, 3.05) is 0 Å². The molecule has 0 spiro atoms. The minimum absolute atomic E-state index is 0.376. The molecular weight excluding hydrogens is 298 g/mol. The van der Waals surface area contributed by atoms with Gasteiger partial charge in [0.15, 0.2) is 0 Å². The summed E-state index contributed by atoms with van der Waals surface area (Å²) in [6.07, 6.45) is 3.58. The Labute approximate surface area is 134 Å². The first kappa shape index (κ1) is 14.7. The maximum absolute atomic E-state index is 5.89. The second-order valence-corrected chi connectivity index (χ2v) is 5.82. The van der Waals surface area contributed by atoms with E-state index in [-0.39, 0.29) is 0 Å². The largest absolute Gasteiger partial charge is 0.264 e. The molecule has 0 aliphatic carbocycles. The number of hydrogen-bond donors (Lipinski definition) is 0. The van der Waals surface area contributed by atoms with Crippen LogP contribution in [0, 0.1) is 0 Å². The molecule has 0 fully saturated rings.